The maximum atomic E-state index is 14.0. The molecule has 0 radical (unpaired) electrons. The Balaban J connectivity index is 1.27. The summed E-state index contributed by atoms with van der Waals surface area (Å²) in [5.41, 5.74) is 2.93. The van der Waals surface area contributed by atoms with Gasteiger partial charge in [0.2, 0.25) is 5.91 Å². The molecule has 1 aromatic heterocycles. The van der Waals surface area contributed by atoms with E-state index < -0.39 is 0 Å². The quantitative estimate of drug-likeness (QED) is 0.609. The standard InChI is InChI=1S/C23H24FN5O2S/c1-16-5-4-6-17(13-16)25-22(31)27-23-26-18(15-32-23)14-21(30)29-11-9-28(10-12-29)20-8-3-2-7-19(20)24/h2-8,13,15H,9-12,14H2,1H3,(H2,25,26,27,31). The number of nitrogens with zero attached hydrogens (tertiary/aromatic N) is 3. The Hall–Kier alpha value is -3.46. The van der Waals surface area contributed by atoms with Gasteiger partial charge in [-0.2, -0.15) is 0 Å². The van der Waals surface area contributed by atoms with Gasteiger partial charge in [-0.1, -0.05) is 24.3 Å². The van der Waals surface area contributed by atoms with E-state index in [4.69, 9.17) is 0 Å². The van der Waals surface area contributed by atoms with Crippen LogP contribution in [0.25, 0.3) is 0 Å². The third-order valence-corrected chi connectivity index (χ3v) is 6.01. The molecule has 1 saturated heterocycles. The molecule has 1 aliphatic heterocycles. The number of aryl methyl sites for hydroxylation is 1. The Bertz CT molecular complexity index is 1110. The van der Waals surface area contributed by atoms with Crippen LogP contribution >= 0.6 is 11.3 Å². The number of piperazine rings is 1. The number of hydrogen-bond acceptors (Lipinski definition) is 5. The zero-order valence-electron chi connectivity index (χ0n) is 17.7. The minimum absolute atomic E-state index is 0.0285. The molecule has 0 unspecified atom stereocenters. The monoisotopic (exact) mass is 453 g/mol. The van der Waals surface area contributed by atoms with Gasteiger partial charge in [0.25, 0.3) is 0 Å². The predicted octanol–water partition coefficient (Wildman–Crippen LogP) is 4.13. The smallest absolute Gasteiger partial charge is 0.325 e. The average Bonchev–Trinajstić information content (AvgIpc) is 3.20. The highest BCUT2D eigenvalue weighted by molar-refractivity contribution is 7.14. The summed E-state index contributed by atoms with van der Waals surface area (Å²) in [5.74, 6) is -0.277. The third-order valence-electron chi connectivity index (χ3n) is 5.21. The number of carbonyl (C=O) groups is 2. The number of rotatable bonds is 5. The van der Waals surface area contributed by atoms with Crippen LogP contribution in [0.3, 0.4) is 0 Å². The second-order valence-electron chi connectivity index (χ2n) is 7.59. The normalized spacial score (nSPS) is 13.7. The maximum absolute atomic E-state index is 14.0. The molecular weight excluding hydrogens is 429 g/mol. The van der Waals surface area contributed by atoms with Crippen molar-refractivity contribution < 1.29 is 14.0 Å². The number of halogens is 1. The van der Waals surface area contributed by atoms with Crippen molar-refractivity contribution in [2.24, 2.45) is 0 Å². The zero-order chi connectivity index (χ0) is 22.5. The number of para-hydroxylation sites is 1. The van der Waals surface area contributed by atoms with Crippen LogP contribution in [-0.2, 0) is 11.2 Å². The van der Waals surface area contributed by atoms with Crippen molar-refractivity contribution in [2.45, 2.75) is 13.3 Å². The predicted molar refractivity (Wildman–Crippen MR) is 125 cm³/mol. The molecule has 0 atom stereocenters. The van der Waals surface area contributed by atoms with Crippen LogP contribution in [0.4, 0.5) is 25.7 Å². The molecule has 9 heteroatoms. The fraction of sp³-hybridized carbons (Fsp3) is 0.261. The average molecular weight is 454 g/mol. The number of aromatic nitrogens is 1. The Morgan fingerprint density at radius 2 is 1.84 bits per heavy atom. The zero-order valence-corrected chi connectivity index (χ0v) is 18.5. The Morgan fingerprint density at radius 3 is 2.59 bits per heavy atom. The fourth-order valence-electron chi connectivity index (χ4n) is 3.60. The molecule has 7 nitrogen and oxygen atoms in total. The third kappa shape index (κ3) is 5.42. The lowest BCUT2D eigenvalue weighted by Gasteiger charge is -2.36. The summed E-state index contributed by atoms with van der Waals surface area (Å²) in [7, 11) is 0. The number of urea groups is 1. The van der Waals surface area contributed by atoms with Gasteiger partial charge in [-0.25, -0.2) is 14.2 Å². The summed E-state index contributed by atoms with van der Waals surface area (Å²) >= 11 is 1.28. The lowest BCUT2D eigenvalue weighted by atomic mass is 10.2. The van der Waals surface area contributed by atoms with E-state index in [2.05, 4.69) is 15.6 Å². The summed E-state index contributed by atoms with van der Waals surface area (Å²) in [6.07, 6.45) is 0.164. The lowest BCUT2D eigenvalue weighted by molar-refractivity contribution is -0.130. The van der Waals surface area contributed by atoms with E-state index in [0.717, 1.165) is 5.56 Å². The molecule has 32 heavy (non-hydrogen) atoms. The van der Waals surface area contributed by atoms with Gasteiger partial charge in [-0.3, -0.25) is 10.1 Å². The minimum Gasteiger partial charge on any atom is -0.366 e. The van der Waals surface area contributed by atoms with Crippen LogP contribution in [0.1, 0.15) is 11.3 Å². The number of nitrogens with one attached hydrogen (secondary N) is 2. The summed E-state index contributed by atoms with van der Waals surface area (Å²) in [6, 6.07) is 13.8. The van der Waals surface area contributed by atoms with Crippen LogP contribution in [0.5, 0.6) is 0 Å². The first kappa shape index (κ1) is 21.8. The van der Waals surface area contributed by atoms with Gasteiger partial charge in [0.15, 0.2) is 5.13 Å². The molecule has 0 bridgehead atoms. The maximum Gasteiger partial charge on any atom is 0.325 e. The fourth-order valence-corrected chi connectivity index (χ4v) is 4.30. The molecular formula is C23H24FN5O2S. The topological polar surface area (TPSA) is 77.6 Å². The van der Waals surface area contributed by atoms with Gasteiger partial charge in [-0.05, 0) is 36.8 Å². The molecule has 2 heterocycles. The molecule has 1 fully saturated rings. The van der Waals surface area contributed by atoms with Gasteiger partial charge in [0.05, 0.1) is 17.8 Å². The molecule has 0 saturated carbocycles. The summed E-state index contributed by atoms with van der Waals surface area (Å²) in [6.45, 7) is 4.17. The van der Waals surface area contributed by atoms with Crippen LogP contribution in [0.15, 0.2) is 53.9 Å². The van der Waals surface area contributed by atoms with Crippen molar-refractivity contribution >= 4 is 39.8 Å². The van der Waals surface area contributed by atoms with Crippen LogP contribution < -0.4 is 15.5 Å². The van der Waals surface area contributed by atoms with Crippen molar-refractivity contribution in [1.29, 1.82) is 0 Å². The largest absolute Gasteiger partial charge is 0.366 e. The number of hydrogen-bond donors (Lipinski definition) is 2. The van der Waals surface area contributed by atoms with Crippen LogP contribution in [0, 0.1) is 12.7 Å². The van der Waals surface area contributed by atoms with E-state index >= 15 is 0 Å². The van der Waals surface area contributed by atoms with Gasteiger partial charge >= 0.3 is 6.03 Å². The first-order valence-corrected chi connectivity index (χ1v) is 11.2. The Kier molecular flexibility index (Phi) is 6.65. The van der Waals surface area contributed by atoms with Gasteiger partial charge < -0.3 is 15.1 Å². The molecule has 0 aliphatic carbocycles. The first-order chi connectivity index (χ1) is 15.5. The van der Waals surface area contributed by atoms with Crippen molar-refractivity contribution in [1.82, 2.24) is 9.88 Å². The van der Waals surface area contributed by atoms with E-state index in [1.807, 2.05) is 42.2 Å². The van der Waals surface area contributed by atoms with Crippen LogP contribution in [-0.4, -0.2) is 48.0 Å². The van der Waals surface area contributed by atoms with Crippen molar-refractivity contribution in [3.05, 3.63) is 71.0 Å². The molecule has 3 amide bonds. The highest BCUT2D eigenvalue weighted by atomic mass is 32.1. The van der Waals surface area contributed by atoms with E-state index in [1.54, 1.807) is 22.4 Å². The lowest BCUT2D eigenvalue weighted by Crippen LogP contribution is -2.49. The number of thiazole rings is 1. The van der Waals surface area contributed by atoms with E-state index in [-0.39, 0.29) is 24.2 Å². The van der Waals surface area contributed by atoms with Crippen molar-refractivity contribution in [3.63, 3.8) is 0 Å². The van der Waals surface area contributed by atoms with Crippen LogP contribution in [0.2, 0.25) is 0 Å². The Labute approximate surface area is 189 Å². The highest BCUT2D eigenvalue weighted by Crippen LogP contribution is 2.21. The van der Waals surface area contributed by atoms with E-state index in [1.165, 1.54) is 17.4 Å². The summed E-state index contributed by atoms with van der Waals surface area (Å²) < 4.78 is 14.0. The second kappa shape index (κ2) is 9.78. The van der Waals surface area contributed by atoms with E-state index in [9.17, 15) is 14.0 Å². The molecule has 2 N–H and O–H groups in total. The number of benzene rings is 2. The van der Waals surface area contributed by atoms with E-state index in [0.29, 0.717) is 48.4 Å². The minimum atomic E-state index is -0.382. The van der Waals surface area contributed by atoms with Crippen molar-refractivity contribution in [3.8, 4) is 0 Å². The number of carbonyl (C=O) groups excluding carboxylic acids is 2. The first-order valence-electron chi connectivity index (χ1n) is 10.3. The molecule has 4 rings (SSSR count). The van der Waals surface area contributed by atoms with Gasteiger partial charge in [-0.15, -0.1) is 11.3 Å². The summed E-state index contributed by atoms with van der Waals surface area (Å²) in [4.78, 5) is 32.9. The number of anilines is 3. The van der Waals surface area contributed by atoms with Gasteiger partial charge in [0, 0.05) is 37.2 Å². The molecule has 0 spiro atoms. The molecule has 2 aromatic carbocycles. The SMILES string of the molecule is Cc1cccc(NC(=O)Nc2nc(CC(=O)N3CCN(c4ccccc4F)CC3)cs2)c1. The van der Waals surface area contributed by atoms with Crippen molar-refractivity contribution in [2.75, 3.05) is 41.7 Å². The van der Waals surface area contributed by atoms with Gasteiger partial charge in [0.1, 0.15) is 5.82 Å². The number of amides is 3. The molecule has 3 aromatic rings. The second-order valence-corrected chi connectivity index (χ2v) is 8.45. The summed E-state index contributed by atoms with van der Waals surface area (Å²) in [5, 5.41) is 7.67. The molecule has 166 valence electrons. The highest BCUT2D eigenvalue weighted by Gasteiger charge is 2.23. The molecule has 1 aliphatic rings. The Morgan fingerprint density at radius 1 is 1.06 bits per heavy atom.